The Morgan fingerprint density at radius 3 is 2.85 bits per heavy atom. The lowest BCUT2D eigenvalue weighted by atomic mass is 10.2. The van der Waals surface area contributed by atoms with E-state index in [1.807, 2.05) is 12.3 Å². The Morgan fingerprint density at radius 1 is 1.50 bits per heavy atom. The average molecular weight is 293 g/mol. The summed E-state index contributed by atoms with van der Waals surface area (Å²) in [4.78, 5) is 8.78. The largest absolute Gasteiger partial charge is 0.376 e. The predicted octanol–water partition coefficient (Wildman–Crippen LogP) is 1.37. The quantitative estimate of drug-likeness (QED) is 0.434. The van der Waals surface area contributed by atoms with Crippen LogP contribution in [0.5, 0.6) is 0 Å². The molecule has 0 aromatic carbocycles. The van der Waals surface area contributed by atoms with E-state index < -0.39 is 0 Å². The van der Waals surface area contributed by atoms with Crippen LogP contribution in [-0.2, 0) is 6.42 Å². The van der Waals surface area contributed by atoms with Gasteiger partial charge in [-0.2, -0.15) is 0 Å². The summed E-state index contributed by atoms with van der Waals surface area (Å²) in [5.74, 6) is 1.11. The standard InChI is InChI=1S/C14H23N5S/c1-10(2)9-18-14(19-13(15)20)17-8-6-12-11(3)5-4-7-16-12/h4-5,7,10H,6,8-9H2,1-3H3,(H4,15,17,18,19,20). The summed E-state index contributed by atoms with van der Waals surface area (Å²) in [6.07, 6.45) is 2.63. The van der Waals surface area contributed by atoms with Crippen molar-refractivity contribution in [3.05, 3.63) is 29.6 Å². The molecule has 0 fully saturated rings. The summed E-state index contributed by atoms with van der Waals surface area (Å²) in [6.45, 7) is 7.73. The SMILES string of the molecule is Cc1cccnc1CCNC(=NCC(C)C)NC(N)=S. The first-order valence-corrected chi connectivity index (χ1v) is 7.15. The monoisotopic (exact) mass is 293 g/mol. The van der Waals surface area contributed by atoms with E-state index in [1.165, 1.54) is 5.56 Å². The number of nitrogens with two attached hydrogens (primary N) is 1. The molecular formula is C14H23N5S. The number of thiocarbonyl (C=S) groups is 1. The summed E-state index contributed by atoms with van der Waals surface area (Å²) in [7, 11) is 0. The summed E-state index contributed by atoms with van der Waals surface area (Å²) in [5, 5.41) is 6.29. The molecule has 0 atom stereocenters. The number of nitrogens with zero attached hydrogens (tertiary/aromatic N) is 2. The fourth-order valence-electron chi connectivity index (χ4n) is 1.61. The average Bonchev–Trinajstić information content (AvgIpc) is 2.37. The number of pyridine rings is 1. The molecule has 1 aromatic heterocycles. The van der Waals surface area contributed by atoms with Gasteiger partial charge in [-0.25, -0.2) is 0 Å². The smallest absolute Gasteiger partial charge is 0.197 e. The summed E-state index contributed by atoms with van der Waals surface area (Å²) in [6, 6.07) is 4.00. The van der Waals surface area contributed by atoms with Gasteiger partial charge in [-0.1, -0.05) is 19.9 Å². The molecule has 1 heterocycles. The van der Waals surface area contributed by atoms with Gasteiger partial charge in [0.1, 0.15) is 0 Å². The van der Waals surface area contributed by atoms with Crippen LogP contribution < -0.4 is 16.4 Å². The fraction of sp³-hybridized carbons (Fsp3) is 0.500. The zero-order chi connectivity index (χ0) is 15.0. The maximum atomic E-state index is 5.49. The summed E-state index contributed by atoms with van der Waals surface area (Å²) >= 11 is 4.85. The number of hydrogen-bond donors (Lipinski definition) is 3. The van der Waals surface area contributed by atoms with Crippen LogP contribution in [0.15, 0.2) is 23.3 Å². The normalized spacial score (nSPS) is 11.5. The van der Waals surface area contributed by atoms with Crippen LogP contribution in [-0.4, -0.2) is 29.1 Å². The second-order valence-electron chi connectivity index (χ2n) is 5.02. The van der Waals surface area contributed by atoms with Crippen molar-refractivity contribution in [3.63, 3.8) is 0 Å². The lowest BCUT2D eigenvalue weighted by molar-refractivity contribution is 0.659. The third kappa shape index (κ3) is 6.47. The molecule has 6 heteroatoms. The van der Waals surface area contributed by atoms with Gasteiger partial charge in [0.05, 0.1) is 0 Å². The van der Waals surface area contributed by atoms with Crippen LogP contribution >= 0.6 is 12.2 Å². The summed E-state index contributed by atoms with van der Waals surface area (Å²) in [5.41, 5.74) is 7.77. The highest BCUT2D eigenvalue weighted by molar-refractivity contribution is 7.80. The van der Waals surface area contributed by atoms with Gasteiger partial charge in [-0.3, -0.25) is 9.98 Å². The van der Waals surface area contributed by atoms with E-state index in [4.69, 9.17) is 18.0 Å². The number of guanidine groups is 1. The van der Waals surface area contributed by atoms with Gasteiger partial charge >= 0.3 is 0 Å². The minimum absolute atomic E-state index is 0.217. The molecule has 1 rings (SSSR count). The zero-order valence-corrected chi connectivity index (χ0v) is 13.1. The number of aromatic nitrogens is 1. The third-order valence-corrected chi connectivity index (χ3v) is 2.73. The van der Waals surface area contributed by atoms with Crippen molar-refractivity contribution in [1.82, 2.24) is 15.6 Å². The van der Waals surface area contributed by atoms with Crippen molar-refractivity contribution in [2.24, 2.45) is 16.6 Å². The van der Waals surface area contributed by atoms with Gasteiger partial charge in [0.15, 0.2) is 11.1 Å². The fourth-order valence-corrected chi connectivity index (χ4v) is 1.71. The van der Waals surface area contributed by atoms with Gasteiger partial charge in [-0.05, 0) is 36.7 Å². The van der Waals surface area contributed by atoms with E-state index >= 15 is 0 Å². The Morgan fingerprint density at radius 2 is 2.25 bits per heavy atom. The molecule has 4 N–H and O–H groups in total. The molecule has 110 valence electrons. The Hall–Kier alpha value is -1.69. The Kier molecular flexibility index (Phi) is 6.93. The van der Waals surface area contributed by atoms with Crippen molar-refractivity contribution >= 4 is 23.3 Å². The van der Waals surface area contributed by atoms with Gasteiger partial charge < -0.3 is 16.4 Å². The van der Waals surface area contributed by atoms with Gasteiger partial charge in [0, 0.05) is 31.4 Å². The molecule has 0 aliphatic carbocycles. The zero-order valence-electron chi connectivity index (χ0n) is 12.3. The molecule has 0 saturated heterocycles. The first kappa shape index (κ1) is 16.4. The van der Waals surface area contributed by atoms with Crippen LogP contribution in [0, 0.1) is 12.8 Å². The number of rotatable bonds is 5. The Balaban J connectivity index is 2.52. The topological polar surface area (TPSA) is 75.3 Å². The maximum Gasteiger partial charge on any atom is 0.197 e. The van der Waals surface area contributed by atoms with Crippen molar-refractivity contribution in [2.45, 2.75) is 27.2 Å². The van der Waals surface area contributed by atoms with E-state index in [9.17, 15) is 0 Å². The van der Waals surface area contributed by atoms with Gasteiger partial charge in [-0.15, -0.1) is 0 Å². The molecule has 0 radical (unpaired) electrons. The van der Waals surface area contributed by atoms with E-state index in [2.05, 4.69) is 47.4 Å². The van der Waals surface area contributed by atoms with Gasteiger partial charge in [0.2, 0.25) is 0 Å². The third-order valence-electron chi connectivity index (χ3n) is 2.63. The van der Waals surface area contributed by atoms with Crippen molar-refractivity contribution < 1.29 is 0 Å². The van der Waals surface area contributed by atoms with Crippen LogP contribution in [0.2, 0.25) is 0 Å². The lowest BCUT2D eigenvalue weighted by Gasteiger charge is -2.12. The molecule has 0 bridgehead atoms. The second-order valence-corrected chi connectivity index (χ2v) is 5.46. The van der Waals surface area contributed by atoms with Crippen LogP contribution in [0.3, 0.4) is 0 Å². The highest BCUT2D eigenvalue weighted by atomic mass is 32.1. The molecule has 20 heavy (non-hydrogen) atoms. The number of aliphatic imine (C=N–C) groups is 1. The van der Waals surface area contributed by atoms with Crippen molar-refractivity contribution in [3.8, 4) is 0 Å². The highest BCUT2D eigenvalue weighted by Gasteiger charge is 2.02. The molecule has 0 amide bonds. The first-order valence-electron chi connectivity index (χ1n) is 6.74. The molecule has 5 nitrogen and oxygen atoms in total. The van der Waals surface area contributed by atoms with Crippen LogP contribution in [0.4, 0.5) is 0 Å². The number of nitrogens with one attached hydrogen (secondary N) is 2. The number of aryl methyl sites for hydroxylation is 1. The molecule has 0 unspecified atom stereocenters. The molecule has 0 aliphatic heterocycles. The Labute approximate surface area is 126 Å². The highest BCUT2D eigenvalue weighted by Crippen LogP contribution is 2.02. The van der Waals surface area contributed by atoms with E-state index in [1.54, 1.807) is 0 Å². The molecule has 1 aromatic rings. The lowest BCUT2D eigenvalue weighted by Crippen LogP contribution is -2.44. The second kappa shape index (κ2) is 8.47. The summed E-state index contributed by atoms with van der Waals surface area (Å²) < 4.78 is 0. The number of hydrogen-bond acceptors (Lipinski definition) is 3. The van der Waals surface area contributed by atoms with Gasteiger partial charge in [0.25, 0.3) is 0 Å². The maximum absolute atomic E-state index is 5.49. The molecular weight excluding hydrogens is 270 g/mol. The van der Waals surface area contributed by atoms with E-state index in [0.717, 1.165) is 25.2 Å². The minimum atomic E-state index is 0.217. The molecule has 0 aliphatic rings. The first-order chi connectivity index (χ1) is 9.49. The van der Waals surface area contributed by atoms with Crippen molar-refractivity contribution in [2.75, 3.05) is 13.1 Å². The Bertz CT molecular complexity index is 470. The van der Waals surface area contributed by atoms with Crippen molar-refractivity contribution in [1.29, 1.82) is 0 Å². The van der Waals surface area contributed by atoms with E-state index in [-0.39, 0.29) is 5.11 Å². The molecule has 0 spiro atoms. The van der Waals surface area contributed by atoms with E-state index in [0.29, 0.717) is 11.9 Å². The van der Waals surface area contributed by atoms with Crippen LogP contribution in [0.25, 0.3) is 0 Å². The minimum Gasteiger partial charge on any atom is -0.376 e. The molecule has 0 saturated carbocycles. The van der Waals surface area contributed by atoms with Crippen LogP contribution in [0.1, 0.15) is 25.1 Å². The predicted molar refractivity (Wildman–Crippen MR) is 87.7 cm³/mol.